The van der Waals surface area contributed by atoms with E-state index in [1.165, 1.54) is 24.8 Å². The highest BCUT2D eigenvalue weighted by molar-refractivity contribution is 5.95. The van der Waals surface area contributed by atoms with Gasteiger partial charge in [0.25, 0.3) is 0 Å². The molecular weight excluding hydrogens is 238 g/mol. The van der Waals surface area contributed by atoms with Gasteiger partial charge in [-0.05, 0) is 55.2 Å². The Kier molecular flexibility index (Phi) is 3.56. The molecule has 1 aromatic rings. The number of aryl methyl sites for hydroxylation is 1. The Balaban J connectivity index is 1.58. The summed E-state index contributed by atoms with van der Waals surface area (Å²) < 4.78 is 0. The van der Waals surface area contributed by atoms with Crippen molar-refractivity contribution < 1.29 is 9.90 Å². The fourth-order valence-electron chi connectivity index (χ4n) is 3.52. The summed E-state index contributed by atoms with van der Waals surface area (Å²) in [6.45, 7) is 0.210. The molecule has 3 rings (SSSR count). The molecule has 2 unspecified atom stereocenters. The summed E-state index contributed by atoms with van der Waals surface area (Å²) in [5.74, 6) is 1.80. The maximum Gasteiger partial charge on any atom is 0.228 e. The third-order valence-corrected chi connectivity index (χ3v) is 4.53. The quantitative estimate of drug-likeness (QED) is 0.854. The summed E-state index contributed by atoms with van der Waals surface area (Å²) in [6.07, 6.45) is 5.40. The van der Waals surface area contributed by atoms with E-state index >= 15 is 0 Å². The summed E-state index contributed by atoms with van der Waals surface area (Å²) in [6, 6.07) is 7.97. The molecule has 2 fully saturated rings. The van der Waals surface area contributed by atoms with Crippen molar-refractivity contribution in [1.29, 1.82) is 0 Å². The van der Waals surface area contributed by atoms with Gasteiger partial charge in [-0.2, -0.15) is 0 Å². The van der Waals surface area contributed by atoms with Gasteiger partial charge in [-0.25, -0.2) is 0 Å². The van der Waals surface area contributed by atoms with E-state index in [9.17, 15) is 4.79 Å². The van der Waals surface area contributed by atoms with Gasteiger partial charge in [0.15, 0.2) is 0 Å². The molecule has 0 bridgehead atoms. The van der Waals surface area contributed by atoms with Crippen molar-refractivity contribution in [2.75, 3.05) is 11.9 Å². The average Bonchev–Trinajstić information content (AvgIpc) is 2.91. The minimum absolute atomic E-state index is 0.203. The molecule has 0 aliphatic heterocycles. The Labute approximate surface area is 114 Å². The van der Waals surface area contributed by atoms with E-state index in [0.29, 0.717) is 11.8 Å². The van der Waals surface area contributed by atoms with Crippen LogP contribution in [0, 0.1) is 17.8 Å². The van der Waals surface area contributed by atoms with Crippen molar-refractivity contribution in [2.45, 2.75) is 32.1 Å². The van der Waals surface area contributed by atoms with Crippen LogP contribution >= 0.6 is 0 Å². The number of carbonyl (C=O) groups excluding carboxylic acids is 1. The van der Waals surface area contributed by atoms with E-state index in [0.717, 1.165) is 18.5 Å². The Morgan fingerprint density at radius 2 is 2.11 bits per heavy atom. The van der Waals surface area contributed by atoms with Crippen molar-refractivity contribution in [2.24, 2.45) is 17.8 Å². The van der Waals surface area contributed by atoms with Crippen LogP contribution in [0.25, 0.3) is 0 Å². The summed E-state index contributed by atoms with van der Waals surface area (Å²) in [7, 11) is 0. The van der Waals surface area contributed by atoms with Crippen molar-refractivity contribution >= 4 is 11.6 Å². The molecule has 2 atom stereocenters. The van der Waals surface area contributed by atoms with Crippen LogP contribution in [-0.4, -0.2) is 17.6 Å². The van der Waals surface area contributed by atoms with Crippen molar-refractivity contribution in [3.63, 3.8) is 0 Å². The van der Waals surface area contributed by atoms with Gasteiger partial charge < -0.3 is 10.4 Å². The topological polar surface area (TPSA) is 49.3 Å². The summed E-state index contributed by atoms with van der Waals surface area (Å²) in [4.78, 5) is 12.2. The number of rotatable bonds is 5. The molecule has 19 heavy (non-hydrogen) atoms. The molecule has 0 saturated heterocycles. The number of carbonyl (C=O) groups is 1. The fraction of sp³-hybridized carbons (Fsp3) is 0.562. The fourth-order valence-corrected chi connectivity index (χ4v) is 3.52. The van der Waals surface area contributed by atoms with Crippen LogP contribution in [0.5, 0.6) is 0 Å². The molecular formula is C16H21NO2. The molecule has 102 valence electrons. The molecule has 3 heteroatoms. The number of hydrogen-bond acceptors (Lipinski definition) is 2. The zero-order valence-electron chi connectivity index (χ0n) is 11.1. The van der Waals surface area contributed by atoms with Crippen LogP contribution in [0.2, 0.25) is 0 Å². The molecule has 1 aromatic carbocycles. The highest BCUT2D eigenvalue weighted by Gasteiger charge is 2.56. The number of amides is 1. The molecule has 0 spiro atoms. The largest absolute Gasteiger partial charge is 0.396 e. The third-order valence-electron chi connectivity index (χ3n) is 4.53. The van der Waals surface area contributed by atoms with Gasteiger partial charge >= 0.3 is 0 Å². The number of fused-ring (bicyclic) bond motifs is 1. The molecule has 2 aliphatic rings. The minimum atomic E-state index is 0.203. The lowest BCUT2D eigenvalue weighted by molar-refractivity contribution is -0.118. The first-order valence-electron chi connectivity index (χ1n) is 7.30. The number of nitrogens with one attached hydrogen (secondary N) is 1. The summed E-state index contributed by atoms with van der Waals surface area (Å²) >= 11 is 0. The lowest BCUT2D eigenvalue weighted by Gasteiger charge is -2.08. The van der Waals surface area contributed by atoms with Gasteiger partial charge in [-0.3, -0.25) is 4.79 Å². The Hall–Kier alpha value is -1.35. The van der Waals surface area contributed by atoms with Crippen molar-refractivity contribution in [1.82, 2.24) is 0 Å². The second kappa shape index (κ2) is 5.33. The maximum atomic E-state index is 12.2. The van der Waals surface area contributed by atoms with E-state index in [1.807, 2.05) is 24.3 Å². The van der Waals surface area contributed by atoms with Crippen molar-refractivity contribution in [3.05, 3.63) is 29.8 Å². The first kappa shape index (κ1) is 12.7. The first-order chi connectivity index (χ1) is 9.29. The predicted octanol–water partition coefficient (Wildman–Crippen LogP) is 2.60. The molecule has 0 aromatic heterocycles. The minimum Gasteiger partial charge on any atom is -0.396 e. The van der Waals surface area contributed by atoms with E-state index in [-0.39, 0.29) is 18.4 Å². The van der Waals surface area contributed by atoms with Gasteiger partial charge in [0, 0.05) is 18.2 Å². The highest BCUT2D eigenvalue weighted by Crippen LogP contribution is 2.57. The Bertz CT molecular complexity index is 462. The van der Waals surface area contributed by atoms with Crippen LogP contribution < -0.4 is 5.32 Å². The SMILES string of the molecule is O=C(Nc1cccc(CCCO)c1)C1C2CCCC21. The van der Waals surface area contributed by atoms with Crippen LogP contribution in [-0.2, 0) is 11.2 Å². The second-order valence-electron chi connectivity index (χ2n) is 5.80. The number of aliphatic hydroxyl groups is 1. The average molecular weight is 259 g/mol. The Morgan fingerprint density at radius 3 is 2.84 bits per heavy atom. The zero-order valence-corrected chi connectivity index (χ0v) is 11.1. The maximum absolute atomic E-state index is 12.2. The van der Waals surface area contributed by atoms with Gasteiger partial charge in [0.05, 0.1) is 0 Å². The smallest absolute Gasteiger partial charge is 0.228 e. The number of benzene rings is 1. The number of anilines is 1. The predicted molar refractivity (Wildman–Crippen MR) is 74.8 cm³/mol. The number of hydrogen-bond donors (Lipinski definition) is 2. The molecule has 2 aliphatic carbocycles. The molecule has 0 heterocycles. The second-order valence-corrected chi connectivity index (χ2v) is 5.80. The third kappa shape index (κ3) is 2.66. The molecule has 3 nitrogen and oxygen atoms in total. The van der Waals surface area contributed by atoms with E-state index in [4.69, 9.17) is 5.11 Å². The standard InChI is InChI=1S/C16H21NO2/c18-9-3-5-11-4-1-6-12(10-11)17-16(19)15-13-7-2-8-14(13)15/h1,4,6,10,13-15,18H,2-3,5,7-9H2,(H,17,19). The highest BCUT2D eigenvalue weighted by atomic mass is 16.2. The van der Waals surface area contributed by atoms with Gasteiger partial charge in [-0.15, -0.1) is 0 Å². The van der Waals surface area contributed by atoms with E-state index in [1.54, 1.807) is 0 Å². The molecule has 2 N–H and O–H groups in total. The molecule has 2 saturated carbocycles. The van der Waals surface area contributed by atoms with Crippen LogP contribution in [0.4, 0.5) is 5.69 Å². The van der Waals surface area contributed by atoms with Crippen LogP contribution in [0.3, 0.4) is 0 Å². The van der Waals surface area contributed by atoms with Crippen molar-refractivity contribution in [3.8, 4) is 0 Å². The van der Waals surface area contributed by atoms with Gasteiger partial charge in [-0.1, -0.05) is 18.6 Å². The molecule has 0 radical (unpaired) electrons. The zero-order chi connectivity index (χ0) is 13.2. The summed E-state index contributed by atoms with van der Waals surface area (Å²) in [5.41, 5.74) is 2.06. The monoisotopic (exact) mass is 259 g/mol. The van der Waals surface area contributed by atoms with Crippen LogP contribution in [0.15, 0.2) is 24.3 Å². The van der Waals surface area contributed by atoms with Gasteiger partial charge in [0.2, 0.25) is 5.91 Å². The first-order valence-corrected chi connectivity index (χ1v) is 7.30. The Morgan fingerprint density at radius 1 is 1.32 bits per heavy atom. The lowest BCUT2D eigenvalue weighted by atomic mass is 10.1. The van der Waals surface area contributed by atoms with Crippen LogP contribution in [0.1, 0.15) is 31.2 Å². The normalized spacial score (nSPS) is 27.9. The van der Waals surface area contributed by atoms with Gasteiger partial charge in [0.1, 0.15) is 0 Å². The number of aliphatic hydroxyl groups excluding tert-OH is 1. The summed E-state index contributed by atoms with van der Waals surface area (Å²) in [5, 5.41) is 11.9. The van der Waals surface area contributed by atoms with E-state index < -0.39 is 0 Å². The van der Waals surface area contributed by atoms with E-state index in [2.05, 4.69) is 5.32 Å². The lowest BCUT2D eigenvalue weighted by Crippen LogP contribution is -2.16. The molecule has 1 amide bonds.